The molecule has 2 heterocycles. The maximum absolute atomic E-state index is 12.6. The Labute approximate surface area is 119 Å². The lowest BCUT2D eigenvalue weighted by Crippen LogP contribution is -2.39. The van der Waals surface area contributed by atoms with E-state index in [0.717, 1.165) is 19.4 Å². The van der Waals surface area contributed by atoms with Gasteiger partial charge >= 0.3 is 0 Å². The van der Waals surface area contributed by atoms with E-state index in [1.807, 2.05) is 11.0 Å². The van der Waals surface area contributed by atoms with Crippen molar-refractivity contribution in [3.63, 3.8) is 0 Å². The Balaban J connectivity index is 1.76. The molecule has 0 aromatic carbocycles. The summed E-state index contributed by atoms with van der Waals surface area (Å²) >= 11 is 0. The molecule has 0 bridgehead atoms. The van der Waals surface area contributed by atoms with Gasteiger partial charge in [-0.1, -0.05) is 12.8 Å². The minimum Gasteiger partial charge on any atom is -0.334 e. The molecule has 20 heavy (non-hydrogen) atoms. The summed E-state index contributed by atoms with van der Waals surface area (Å²) in [5.41, 5.74) is 0.962. The fourth-order valence-electron chi connectivity index (χ4n) is 3.61. The van der Waals surface area contributed by atoms with Gasteiger partial charge in [-0.2, -0.15) is 5.26 Å². The second kappa shape index (κ2) is 5.62. The highest BCUT2D eigenvalue weighted by Crippen LogP contribution is 2.35. The summed E-state index contributed by atoms with van der Waals surface area (Å²) in [6.07, 6.45) is 8.84. The number of carbonyl (C=O) groups excluding carboxylic acids is 1. The van der Waals surface area contributed by atoms with Crippen molar-refractivity contribution in [2.45, 2.75) is 44.6 Å². The van der Waals surface area contributed by atoms with Crippen molar-refractivity contribution in [2.75, 3.05) is 6.54 Å². The number of rotatable bonds is 2. The predicted molar refractivity (Wildman–Crippen MR) is 75.0 cm³/mol. The van der Waals surface area contributed by atoms with Gasteiger partial charge < -0.3 is 4.90 Å². The van der Waals surface area contributed by atoms with Gasteiger partial charge in [-0.25, -0.2) is 4.98 Å². The Morgan fingerprint density at radius 3 is 2.70 bits per heavy atom. The Kier molecular flexibility index (Phi) is 3.68. The normalized spacial score (nSPS) is 22.9. The Hall–Kier alpha value is -1.89. The Morgan fingerprint density at radius 2 is 2.05 bits per heavy atom. The molecule has 0 spiro atoms. The van der Waals surface area contributed by atoms with Crippen LogP contribution in [0.1, 0.15) is 54.6 Å². The first-order chi connectivity index (χ1) is 9.79. The molecule has 2 fully saturated rings. The molecule has 0 N–H and O–H groups in total. The molecule has 1 saturated heterocycles. The lowest BCUT2D eigenvalue weighted by atomic mass is 9.96. The topological polar surface area (TPSA) is 57.0 Å². The van der Waals surface area contributed by atoms with Crippen LogP contribution in [0.4, 0.5) is 0 Å². The zero-order valence-electron chi connectivity index (χ0n) is 11.6. The second-order valence-corrected chi connectivity index (χ2v) is 5.80. The third-order valence-corrected chi connectivity index (χ3v) is 4.62. The summed E-state index contributed by atoms with van der Waals surface area (Å²) in [5, 5.41) is 8.78. The van der Waals surface area contributed by atoms with Crippen LogP contribution in [0, 0.1) is 17.2 Å². The van der Waals surface area contributed by atoms with E-state index in [1.165, 1.54) is 31.9 Å². The molecule has 1 aromatic heterocycles. The first-order valence-corrected chi connectivity index (χ1v) is 7.47. The highest BCUT2D eigenvalue weighted by molar-refractivity contribution is 5.92. The monoisotopic (exact) mass is 269 g/mol. The largest absolute Gasteiger partial charge is 0.334 e. The van der Waals surface area contributed by atoms with E-state index in [-0.39, 0.29) is 5.91 Å². The van der Waals surface area contributed by atoms with Crippen LogP contribution in [0.2, 0.25) is 0 Å². The standard InChI is InChI=1S/C16H19N3O/c17-10-12-7-8-14(18-11-12)16(20)19-9-3-6-15(19)13-4-1-2-5-13/h7-8,11,13,15H,1-6,9H2. The van der Waals surface area contributed by atoms with Crippen LogP contribution in [0.5, 0.6) is 0 Å². The summed E-state index contributed by atoms with van der Waals surface area (Å²) in [4.78, 5) is 18.8. The van der Waals surface area contributed by atoms with E-state index in [4.69, 9.17) is 5.26 Å². The molecular formula is C16H19N3O. The number of likely N-dealkylation sites (tertiary alicyclic amines) is 1. The van der Waals surface area contributed by atoms with Gasteiger partial charge in [-0.05, 0) is 43.7 Å². The fraction of sp³-hybridized carbons (Fsp3) is 0.562. The van der Waals surface area contributed by atoms with Crippen molar-refractivity contribution in [3.8, 4) is 6.07 Å². The summed E-state index contributed by atoms with van der Waals surface area (Å²) in [7, 11) is 0. The molecule has 4 nitrogen and oxygen atoms in total. The number of hydrogen-bond donors (Lipinski definition) is 0. The predicted octanol–water partition coefficient (Wildman–Crippen LogP) is 2.75. The summed E-state index contributed by atoms with van der Waals surface area (Å²) in [6.45, 7) is 0.849. The molecule has 4 heteroatoms. The fourth-order valence-corrected chi connectivity index (χ4v) is 3.61. The first kappa shape index (κ1) is 13.1. The van der Waals surface area contributed by atoms with Gasteiger partial charge in [0.2, 0.25) is 0 Å². The first-order valence-electron chi connectivity index (χ1n) is 7.47. The molecule has 0 radical (unpaired) electrons. The average Bonchev–Trinajstić information content (AvgIpc) is 3.16. The Bertz CT molecular complexity index is 526. The molecule has 1 aliphatic heterocycles. The minimum absolute atomic E-state index is 0.0314. The zero-order valence-corrected chi connectivity index (χ0v) is 11.6. The third kappa shape index (κ3) is 2.40. The number of hydrogen-bond acceptors (Lipinski definition) is 3. The second-order valence-electron chi connectivity index (χ2n) is 5.80. The van der Waals surface area contributed by atoms with E-state index in [0.29, 0.717) is 23.2 Å². The summed E-state index contributed by atoms with van der Waals surface area (Å²) in [5.74, 6) is 0.712. The third-order valence-electron chi connectivity index (χ3n) is 4.62. The van der Waals surface area contributed by atoms with Gasteiger partial charge in [0.15, 0.2) is 0 Å². The maximum Gasteiger partial charge on any atom is 0.272 e. The number of pyridine rings is 1. The van der Waals surface area contributed by atoms with Gasteiger partial charge in [0.1, 0.15) is 11.8 Å². The SMILES string of the molecule is N#Cc1ccc(C(=O)N2CCCC2C2CCCC2)nc1. The van der Waals surface area contributed by atoms with Crippen LogP contribution in [0.15, 0.2) is 18.3 Å². The quantitative estimate of drug-likeness (QED) is 0.829. The molecule has 1 aromatic rings. The van der Waals surface area contributed by atoms with E-state index in [1.54, 1.807) is 12.1 Å². The van der Waals surface area contributed by atoms with E-state index in [9.17, 15) is 4.79 Å². The van der Waals surface area contributed by atoms with Gasteiger partial charge in [0, 0.05) is 18.8 Å². The molecule has 1 atom stereocenters. The van der Waals surface area contributed by atoms with Gasteiger partial charge in [0.05, 0.1) is 5.56 Å². The molecule has 2 aliphatic rings. The van der Waals surface area contributed by atoms with Crippen molar-refractivity contribution < 1.29 is 4.79 Å². The molecular weight excluding hydrogens is 250 g/mol. The van der Waals surface area contributed by atoms with E-state index in [2.05, 4.69) is 4.98 Å². The van der Waals surface area contributed by atoms with E-state index >= 15 is 0 Å². The van der Waals surface area contributed by atoms with Crippen LogP contribution in [0.25, 0.3) is 0 Å². The molecule has 1 unspecified atom stereocenters. The molecule has 1 saturated carbocycles. The Morgan fingerprint density at radius 1 is 1.25 bits per heavy atom. The van der Waals surface area contributed by atoms with Crippen LogP contribution in [-0.4, -0.2) is 28.4 Å². The van der Waals surface area contributed by atoms with E-state index < -0.39 is 0 Å². The van der Waals surface area contributed by atoms with Crippen molar-refractivity contribution in [1.82, 2.24) is 9.88 Å². The van der Waals surface area contributed by atoms with Gasteiger partial charge in [-0.3, -0.25) is 4.79 Å². The van der Waals surface area contributed by atoms with Gasteiger partial charge in [0.25, 0.3) is 5.91 Å². The minimum atomic E-state index is 0.0314. The van der Waals surface area contributed by atoms with Crippen LogP contribution >= 0.6 is 0 Å². The van der Waals surface area contributed by atoms with Crippen LogP contribution in [0.3, 0.4) is 0 Å². The maximum atomic E-state index is 12.6. The van der Waals surface area contributed by atoms with Crippen molar-refractivity contribution >= 4 is 5.91 Å². The van der Waals surface area contributed by atoms with Crippen molar-refractivity contribution in [2.24, 2.45) is 5.92 Å². The van der Waals surface area contributed by atoms with Crippen LogP contribution in [-0.2, 0) is 0 Å². The molecule has 1 aliphatic carbocycles. The molecule has 1 amide bonds. The highest BCUT2D eigenvalue weighted by Gasteiger charge is 2.36. The molecule has 3 rings (SSSR count). The van der Waals surface area contributed by atoms with Gasteiger partial charge in [-0.15, -0.1) is 0 Å². The highest BCUT2D eigenvalue weighted by atomic mass is 16.2. The summed E-state index contributed by atoms with van der Waals surface area (Å²) in [6, 6.07) is 5.77. The number of nitriles is 1. The van der Waals surface area contributed by atoms with Crippen molar-refractivity contribution in [1.29, 1.82) is 5.26 Å². The van der Waals surface area contributed by atoms with Crippen LogP contribution < -0.4 is 0 Å². The number of amides is 1. The number of carbonyl (C=O) groups is 1. The van der Waals surface area contributed by atoms with Crippen molar-refractivity contribution in [3.05, 3.63) is 29.6 Å². The lowest BCUT2D eigenvalue weighted by molar-refractivity contribution is 0.0683. The average molecular weight is 269 g/mol. The number of nitrogens with zero attached hydrogens (tertiary/aromatic N) is 3. The molecule has 104 valence electrons. The smallest absolute Gasteiger partial charge is 0.272 e. The summed E-state index contributed by atoms with van der Waals surface area (Å²) < 4.78 is 0. The number of aromatic nitrogens is 1. The lowest BCUT2D eigenvalue weighted by Gasteiger charge is -2.29. The zero-order chi connectivity index (χ0) is 13.9.